The molecule has 6 heteroatoms. The van der Waals surface area contributed by atoms with Crippen LogP contribution in [0, 0.1) is 11.2 Å². The fourth-order valence-corrected chi connectivity index (χ4v) is 4.15. The number of nitrogens with zero attached hydrogens (tertiary/aromatic N) is 1. The number of fused-ring (bicyclic) bond motifs is 1. The van der Waals surface area contributed by atoms with Crippen LogP contribution in [0.1, 0.15) is 44.7 Å². The van der Waals surface area contributed by atoms with Crippen molar-refractivity contribution >= 4 is 11.5 Å². The molecule has 2 aliphatic rings. The van der Waals surface area contributed by atoms with Gasteiger partial charge in [-0.1, -0.05) is 12.2 Å². The number of likely N-dealkylation sites (tertiary alicyclic amines) is 1. The minimum atomic E-state index is -0.792. The van der Waals surface area contributed by atoms with Crippen molar-refractivity contribution in [3.8, 4) is 5.75 Å². The summed E-state index contributed by atoms with van der Waals surface area (Å²) in [6.07, 6.45) is 3.47. The number of carbonyl (C=O) groups is 1. The number of carboxylic acids is 1. The van der Waals surface area contributed by atoms with Gasteiger partial charge in [0.1, 0.15) is 12.4 Å². The van der Waals surface area contributed by atoms with Gasteiger partial charge in [0, 0.05) is 30.8 Å². The minimum absolute atomic E-state index is 0.198. The summed E-state index contributed by atoms with van der Waals surface area (Å²) in [7, 11) is 1.46. The number of rotatable bonds is 4. The van der Waals surface area contributed by atoms with Gasteiger partial charge in [-0.25, -0.2) is 4.39 Å². The second-order valence-electron chi connectivity index (χ2n) is 8.51. The number of aliphatic carboxylic acids is 1. The van der Waals surface area contributed by atoms with Crippen LogP contribution in [0.2, 0.25) is 0 Å². The first kappa shape index (κ1) is 22.1. The van der Waals surface area contributed by atoms with Gasteiger partial charge in [-0.3, -0.25) is 4.79 Å². The fraction of sp³-hybridized carbons (Fsp3) is 0.458. The third kappa shape index (κ3) is 4.29. The van der Waals surface area contributed by atoms with Crippen LogP contribution in [-0.2, 0) is 16.1 Å². The van der Waals surface area contributed by atoms with Crippen molar-refractivity contribution < 1.29 is 23.8 Å². The molecule has 5 nitrogen and oxygen atoms in total. The summed E-state index contributed by atoms with van der Waals surface area (Å²) in [6, 6.07) is 3.21. The van der Waals surface area contributed by atoms with Crippen molar-refractivity contribution in [2.75, 3.05) is 26.7 Å². The molecule has 1 aromatic carbocycles. The zero-order chi connectivity index (χ0) is 22.1. The molecule has 1 fully saturated rings. The average molecular weight is 416 g/mol. The van der Waals surface area contributed by atoms with Gasteiger partial charge < -0.3 is 19.5 Å². The number of hydrogen-bond acceptors (Lipinski definition) is 4. The van der Waals surface area contributed by atoms with Crippen molar-refractivity contribution in [1.29, 1.82) is 0 Å². The van der Waals surface area contributed by atoms with E-state index in [1.54, 1.807) is 19.9 Å². The second kappa shape index (κ2) is 8.64. The lowest BCUT2D eigenvalue weighted by Crippen LogP contribution is -2.42. The van der Waals surface area contributed by atoms with Crippen LogP contribution in [0.25, 0.3) is 5.57 Å². The van der Waals surface area contributed by atoms with Crippen LogP contribution in [-0.4, -0.2) is 42.7 Å². The first-order valence-corrected chi connectivity index (χ1v) is 10.2. The zero-order valence-corrected chi connectivity index (χ0v) is 18.2. The van der Waals surface area contributed by atoms with E-state index in [-0.39, 0.29) is 12.4 Å². The number of methoxy groups -OCH3 is 1. The summed E-state index contributed by atoms with van der Waals surface area (Å²) in [4.78, 5) is 13.7. The van der Waals surface area contributed by atoms with Gasteiger partial charge >= 0.3 is 5.97 Å². The Balaban J connectivity index is 1.98. The Morgan fingerprint density at radius 3 is 2.60 bits per heavy atom. The van der Waals surface area contributed by atoms with E-state index in [2.05, 4.69) is 11.5 Å². The number of allylic oxidation sites excluding steroid dienone is 2. The maximum Gasteiger partial charge on any atom is 0.310 e. The summed E-state index contributed by atoms with van der Waals surface area (Å²) in [5.74, 6) is -0.307. The van der Waals surface area contributed by atoms with E-state index in [1.807, 2.05) is 13.0 Å². The normalized spacial score (nSPS) is 19.4. The van der Waals surface area contributed by atoms with Gasteiger partial charge in [0.25, 0.3) is 0 Å². The molecule has 0 saturated carbocycles. The number of piperidine rings is 1. The van der Waals surface area contributed by atoms with E-state index in [0.717, 1.165) is 48.2 Å². The monoisotopic (exact) mass is 415 g/mol. The van der Waals surface area contributed by atoms with Gasteiger partial charge in [0.05, 0.1) is 12.5 Å². The van der Waals surface area contributed by atoms with E-state index in [1.165, 1.54) is 18.7 Å². The Labute approximate surface area is 177 Å². The molecule has 162 valence electrons. The maximum atomic E-state index is 14.3. The van der Waals surface area contributed by atoms with Crippen LogP contribution < -0.4 is 4.74 Å². The molecule has 1 aromatic rings. The summed E-state index contributed by atoms with van der Waals surface area (Å²) >= 11 is 0. The van der Waals surface area contributed by atoms with Crippen LogP contribution in [0.5, 0.6) is 5.75 Å². The molecular formula is C24H30FNO4. The maximum absolute atomic E-state index is 14.3. The predicted molar refractivity (Wildman–Crippen MR) is 115 cm³/mol. The summed E-state index contributed by atoms with van der Waals surface area (Å²) in [6.45, 7) is 12.0. The third-order valence-electron chi connectivity index (χ3n) is 5.90. The largest absolute Gasteiger partial charge is 0.494 e. The Morgan fingerprint density at radius 1 is 1.37 bits per heavy atom. The van der Waals surface area contributed by atoms with Gasteiger partial charge in [0.2, 0.25) is 0 Å². The minimum Gasteiger partial charge on any atom is -0.494 e. The molecule has 30 heavy (non-hydrogen) atoms. The molecule has 1 saturated heterocycles. The van der Waals surface area contributed by atoms with Crippen LogP contribution >= 0.6 is 0 Å². The molecule has 0 aromatic heterocycles. The van der Waals surface area contributed by atoms with E-state index < -0.39 is 17.2 Å². The molecule has 1 N–H and O–H groups in total. The van der Waals surface area contributed by atoms with Crippen molar-refractivity contribution in [3.63, 3.8) is 0 Å². The van der Waals surface area contributed by atoms with Crippen molar-refractivity contribution in [2.45, 2.75) is 40.2 Å². The summed E-state index contributed by atoms with van der Waals surface area (Å²) < 4.78 is 25.5. The lowest BCUT2D eigenvalue weighted by atomic mass is 9.85. The molecule has 0 bridgehead atoms. The molecule has 3 rings (SSSR count). The highest BCUT2D eigenvalue weighted by Crippen LogP contribution is 2.41. The first-order chi connectivity index (χ1) is 14.2. The zero-order valence-electron chi connectivity index (χ0n) is 18.2. The predicted octanol–water partition coefficient (Wildman–Crippen LogP) is 4.78. The number of carboxylic acid groups (broad SMARTS) is 1. The van der Waals surface area contributed by atoms with Crippen molar-refractivity contribution in [1.82, 2.24) is 4.90 Å². The number of benzene rings is 1. The summed E-state index contributed by atoms with van der Waals surface area (Å²) in [5.41, 5.74) is 3.88. The molecule has 2 aliphatic heterocycles. The van der Waals surface area contributed by atoms with Gasteiger partial charge in [-0.2, -0.15) is 0 Å². The van der Waals surface area contributed by atoms with E-state index in [4.69, 9.17) is 9.47 Å². The van der Waals surface area contributed by atoms with Gasteiger partial charge in [-0.15, -0.1) is 0 Å². The number of halogens is 1. The quantitative estimate of drug-likeness (QED) is 0.767. The summed E-state index contributed by atoms with van der Waals surface area (Å²) in [5, 5.41) is 9.42. The van der Waals surface area contributed by atoms with E-state index in [0.29, 0.717) is 12.3 Å². The Kier molecular flexibility index (Phi) is 6.36. The standard InChI is InChI=1S/C24H30FNO4/c1-6-20-15(2)22(18-12-21(29-5)19(25)11-17(18)13-30-20)16-7-9-26(10-8-16)14-24(3,4)23(27)28/h6,11-12H,2,7-10,13-14H2,1,3-5H3,(H,27,28)/b20-6+. The van der Waals surface area contributed by atoms with Crippen molar-refractivity contribution in [2.24, 2.45) is 5.41 Å². The third-order valence-corrected chi connectivity index (χ3v) is 5.90. The Hall–Kier alpha value is -2.60. The molecule has 0 radical (unpaired) electrons. The van der Waals surface area contributed by atoms with Gasteiger partial charge in [-0.05, 0) is 63.0 Å². The SMILES string of the molecule is C=C1C(=C2CCN(CC(C)(C)C(=O)O)CC2)c2cc(OC)c(F)cc2CO/C1=C/C. The highest BCUT2D eigenvalue weighted by Gasteiger charge is 2.32. The van der Waals surface area contributed by atoms with E-state index in [9.17, 15) is 14.3 Å². The Bertz CT molecular complexity index is 919. The van der Waals surface area contributed by atoms with Crippen LogP contribution in [0.4, 0.5) is 4.39 Å². The number of ether oxygens (including phenoxy) is 2. The molecule has 0 amide bonds. The lowest BCUT2D eigenvalue weighted by molar-refractivity contribution is -0.148. The molecule has 0 atom stereocenters. The molecular weight excluding hydrogens is 385 g/mol. The van der Waals surface area contributed by atoms with E-state index >= 15 is 0 Å². The van der Waals surface area contributed by atoms with Crippen LogP contribution in [0.3, 0.4) is 0 Å². The van der Waals surface area contributed by atoms with Gasteiger partial charge in [0.15, 0.2) is 11.6 Å². The second-order valence-corrected chi connectivity index (χ2v) is 8.51. The number of hydrogen-bond donors (Lipinski definition) is 1. The molecule has 0 aliphatic carbocycles. The highest BCUT2D eigenvalue weighted by atomic mass is 19.1. The highest BCUT2D eigenvalue weighted by molar-refractivity contribution is 5.87. The van der Waals surface area contributed by atoms with Crippen LogP contribution in [0.15, 0.2) is 41.7 Å². The lowest BCUT2D eigenvalue weighted by Gasteiger charge is -2.34. The molecule has 0 spiro atoms. The average Bonchev–Trinajstić information content (AvgIpc) is 2.83. The van der Waals surface area contributed by atoms with Crippen molar-refractivity contribution in [3.05, 3.63) is 58.6 Å². The smallest absolute Gasteiger partial charge is 0.310 e. The molecule has 2 heterocycles. The Morgan fingerprint density at radius 2 is 2.03 bits per heavy atom. The topological polar surface area (TPSA) is 59.0 Å². The fourth-order valence-electron chi connectivity index (χ4n) is 4.15. The molecule has 0 unspecified atom stereocenters. The first-order valence-electron chi connectivity index (χ1n) is 10.2.